The second-order valence-electron chi connectivity index (χ2n) is 5.01. The monoisotopic (exact) mass is 258 g/mol. The molecular weight excluding hydrogens is 236 g/mol. The average molecular weight is 258 g/mol. The first-order valence-corrected chi connectivity index (χ1v) is 6.36. The van der Waals surface area contributed by atoms with E-state index < -0.39 is 17.6 Å². The van der Waals surface area contributed by atoms with Crippen LogP contribution in [0, 0.1) is 0 Å². The molecule has 6 nitrogen and oxygen atoms in total. The smallest absolute Gasteiger partial charge is 0.327 e. The summed E-state index contributed by atoms with van der Waals surface area (Å²) in [5.41, 5.74) is -0.725. The number of carbonyl (C=O) groups excluding carboxylic acids is 1. The third kappa shape index (κ3) is 5.01. The average Bonchev–Trinajstić information content (AvgIpc) is 2.27. The predicted octanol–water partition coefficient (Wildman–Crippen LogP) is -0.140. The number of nitrogens with one attached hydrogen (secondary N) is 2. The summed E-state index contributed by atoms with van der Waals surface area (Å²) in [5.74, 6) is -1.45. The van der Waals surface area contributed by atoms with Gasteiger partial charge in [0.2, 0.25) is 5.91 Å². The highest BCUT2D eigenvalue weighted by atomic mass is 16.4. The van der Waals surface area contributed by atoms with Crippen LogP contribution in [0.5, 0.6) is 0 Å². The molecule has 1 aliphatic rings. The van der Waals surface area contributed by atoms with Crippen molar-refractivity contribution in [1.29, 1.82) is 0 Å². The van der Waals surface area contributed by atoms with Gasteiger partial charge in [0.1, 0.15) is 6.04 Å². The Hall–Kier alpha value is -1.14. The van der Waals surface area contributed by atoms with Gasteiger partial charge >= 0.3 is 5.97 Å². The first kappa shape index (κ1) is 14.9. The zero-order chi connectivity index (χ0) is 13.6. The van der Waals surface area contributed by atoms with Crippen LogP contribution in [0.3, 0.4) is 0 Å². The minimum absolute atomic E-state index is 0.122. The van der Waals surface area contributed by atoms with E-state index in [4.69, 9.17) is 5.11 Å². The van der Waals surface area contributed by atoms with Crippen LogP contribution in [-0.2, 0) is 9.59 Å². The molecule has 4 N–H and O–H groups in total. The highest BCUT2D eigenvalue weighted by molar-refractivity contribution is 5.82. The minimum atomic E-state index is -1.08. The lowest BCUT2D eigenvalue weighted by molar-refractivity contribution is -0.141. The number of aliphatic hydroxyl groups is 1. The molecule has 0 heterocycles. The molecule has 1 fully saturated rings. The van der Waals surface area contributed by atoms with E-state index in [1.807, 2.05) is 0 Å². The van der Waals surface area contributed by atoms with Crippen molar-refractivity contribution in [1.82, 2.24) is 10.6 Å². The predicted molar refractivity (Wildman–Crippen MR) is 66.1 cm³/mol. The molecule has 0 radical (unpaired) electrons. The Morgan fingerprint density at radius 2 is 1.89 bits per heavy atom. The van der Waals surface area contributed by atoms with E-state index in [9.17, 15) is 14.7 Å². The zero-order valence-electron chi connectivity index (χ0n) is 10.7. The van der Waals surface area contributed by atoms with Crippen molar-refractivity contribution >= 4 is 11.9 Å². The number of amides is 1. The highest BCUT2D eigenvalue weighted by Gasteiger charge is 2.29. The maximum Gasteiger partial charge on any atom is 0.327 e. The van der Waals surface area contributed by atoms with Gasteiger partial charge in [0.25, 0.3) is 0 Å². The van der Waals surface area contributed by atoms with E-state index in [1.165, 1.54) is 6.92 Å². The van der Waals surface area contributed by atoms with Gasteiger partial charge in [-0.25, -0.2) is 4.79 Å². The second-order valence-corrected chi connectivity index (χ2v) is 5.01. The van der Waals surface area contributed by atoms with E-state index in [0.29, 0.717) is 6.54 Å². The number of carboxylic acids is 1. The molecule has 0 bridgehead atoms. The molecule has 6 heteroatoms. The first-order chi connectivity index (χ1) is 8.43. The molecule has 0 aromatic heterocycles. The molecule has 0 aliphatic heterocycles. The van der Waals surface area contributed by atoms with Gasteiger partial charge in [-0.05, 0) is 12.8 Å². The van der Waals surface area contributed by atoms with Gasteiger partial charge in [0.15, 0.2) is 0 Å². The number of hydrogen-bond donors (Lipinski definition) is 4. The number of rotatable bonds is 6. The molecule has 104 valence electrons. The summed E-state index contributed by atoms with van der Waals surface area (Å²) in [4.78, 5) is 21.7. The van der Waals surface area contributed by atoms with Crippen LogP contribution in [-0.4, -0.2) is 46.8 Å². The van der Waals surface area contributed by atoms with E-state index >= 15 is 0 Å². The second kappa shape index (κ2) is 6.70. The SMILES string of the molecule is CC(=O)NC(CNCC1(O)CCCCC1)C(=O)O. The van der Waals surface area contributed by atoms with Crippen molar-refractivity contribution in [3.8, 4) is 0 Å². The van der Waals surface area contributed by atoms with Gasteiger partial charge in [0, 0.05) is 20.0 Å². The maximum atomic E-state index is 10.9. The maximum absolute atomic E-state index is 10.9. The highest BCUT2D eigenvalue weighted by Crippen LogP contribution is 2.27. The van der Waals surface area contributed by atoms with Crippen molar-refractivity contribution in [2.75, 3.05) is 13.1 Å². The Morgan fingerprint density at radius 3 is 2.39 bits per heavy atom. The molecule has 1 unspecified atom stereocenters. The molecule has 0 aromatic rings. The van der Waals surface area contributed by atoms with Crippen LogP contribution in [0.1, 0.15) is 39.0 Å². The van der Waals surface area contributed by atoms with E-state index in [1.54, 1.807) is 0 Å². The standard InChI is InChI=1S/C12H22N2O4/c1-9(15)14-10(11(16)17)7-13-8-12(18)5-3-2-4-6-12/h10,13,18H,2-8H2,1H3,(H,14,15)(H,16,17). The Kier molecular flexibility index (Phi) is 5.55. The molecule has 0 spiro atoms. The molecule has 1 amide bonds. The minimum Gasteiger partial charge on any atom is -0.480 e. The van der Waals surface area contributed by atoms with Gasteiger partial charge in [-0.2, -0.15) is 0 Å². The van der Waals surface area contributed by atoms with Crippen molar-refractivity contribution in [2.24, 2.45) is 0 Å². The van der Waals surface area contributed by atoms with Gasteiger partial charge in [0.05, 0.1) is 5.60 Å². The lowest BCUT2D eigenvalue weighted by atomic mass is 9.85. The Balaban J connectivity index is 2.33. The lowest BCUT2D eigenvalue weighted by Gasteiger charge is -2.32. The Morgan fingerprint density at radius 1 is 1.28 bits per heavy atom. The molecular formula is C12H22N2O4. The molecule has 1 atom stereocenters. The van der Waals surface area contributed by atoms with Gasteiger partial charge in [-0.15, -0.1) is 0 Å². The van der Waals surface area contributed by atoms with Gasteiger partial charge < -0.3 is 20.8 Å². The third-order valence-electron chi connectivity index (χ3n) is 3.26. The summed E-state index contributed by atoms with van der Waals surface area (Å²) < 4.78 is 0. The largest absolute Gasteiger partial charge is 0.480 e. The number of carboxylic acid groups (broad SMARTS) is 1. The number of carbonyl (C=O) groups is 2. The normalized spacial score (nSPS) is 20.1. The van der Waals surface area contributed by atoms with Crippen molar-refractivity contribution in [2.45, 2.75) is 50.7 Å². The van der Waals surface area contributed by atoms with E-state index in [-0.39, 0.29) is 12.5 Å². The fraction of sp³-hybridized carbons (Fsp3) is 0.833. The fourth-order valence-corrected chi connectivity index (χ4v) is 2.28. The first-order valence-electron chi connectivity index (χ1n) is 6.36. The fourth-order valence-electron chi connectivity index (χ4n) is 2.28. The van der Waals surface area contributed by atoms with Crippen molar-refractivity contribution < 1.29 is 19.8 Å². The molecule has 1 aliphatic carbocycles. The summed E-state index contributed by atoms with van der Waals surface area (Å²) in [6.45, 7) is 1.78. The third-order valence-corrected chi connectivity index (χ3v) is 3.26. The van der Waals surface area contributed by atoms with Gasteiger partial charge in [-0.3, -0.25) is 4.79 Å². The molecule has 0 aromatic carbocycles. The summed E-state index contributed by atoms with van der Waals surface area (Å²) in [6, 6.07) is -0.949. The summed E-state index contributed by atoms with van der Waals surface area (Å²) in [6.07, 6.45) is 4.65. The van der Waals surface area contributed by atoms with Crippen LogP contribution in [0.15, 0.2) is 0 Å². The lowest BCUT2D eigenvalue weighted by Crippen LogP contribution is -2.50. The summed E-state index contributed by atoms with van der Waals surface area (Å²) >= 11 is 0. The van der Waals surface area contributed by atoms with Crippen LogP contribution < -0.4 is 10.6 Å². The van der Waals surface area contributed by atoms with Crippen LogP contribution in [0.25, 0.3) is 0 Å². The molecule has 1 rings (SSSR count). The summed E-state index contributed by atoms with van der Waals surface area (Å²) in [5, 5.41) is 24.4. The van der Waals surface area contributed by atoms with Crippen LogP contribution >= 0.6 is 0 Å². The van der Waals surface area contributed by atoms with Gasteiger partial charge in [-0.1, -0.05) is 19.3 Å². The van der Waals surface area contributed by atoms with E-state index in [0.717, 1.165) is 32.1 Å². The number of aliphatic carboxylic acids is 1. The van der Waals surface area contributed by atoms with Crippen LogP contribution in [0.2, 0.25) is 0 Å². The van der Waals surface area contributed by atoms with E-state index in [2.05, 4.69) is 10.6 Å². The van der Waals surface area contributed by atoms with Crippen LogP contribution in [0.4, 0.5) is 0 Å². The number of hydrogen-bond acceptors (Lipinski definition) is 4. The van der Waals surface area contributed by atoms with Crippen molar-refractivity contribution in [3.63, 3.8) is 0 Å². The summed E-state index contributed by atoms with van der Waals surface area (Å²) in [7, 11) is 0. The Labute approximate surface area is 107 Å². The zero-order valence-corrected chi connectivity index (χ0v) is 10.7. The quantitative estimate of drug-likeness (QED) is 0.531. The Bertz CT molecular complexity index is 300. The van der Waals surface area contributed by atoms with Crippen molar-refractivity contribution in [3.05, 3.63) is 0 Å². The molecule has 1 saturated carbocycles. The molecule has 0 saturated heterocycles. The topological polar surface area (TPSA) is 98.7 Å². The molecule has 18 heavy (non-hydrogen) atoms.